The summed E-state index contributed by atoms with van der Waals surface area (Å²) in [5.41, 5.74) is 10.6. The van der Waals surface area contributed by atoms with Gasteiger partial charge in [0.15, 0.2) is 41.3 Å². The van der Waals surface area contributed by atoms with E-state index in [1.165, 1.54) is 0 Å². The van der Waals surface area contributed by atoms with Gasteiger partial charge in [0.05, 0.1) is 25.9 Å². The van der Waals surface area contributed by atoms with Crippen LogP contribution in [0.1, 0.15) is 12.5 Å². The first-order valence-electron chi connectivity index (χ1n) is 12.9. The number of hydrogen-bond acceptors (Lipinski definition) is 17. The van der Waals surface area contributed by atoms with Crippen molar-refractivity contribution >= 4 is 49.7 Å². The summed E-state index contributed by atoms with van der Waals surface area (Å²) in [6, 6.07) is 0. The molecule has 0 spiro atoms. The second-order valence-corrected chi connectivity index (χ2v) is 12.9. The first kappa shape index (κ1) is 30.2. The number of nitrogens with one attached hydrogen (secondary N) is 1. The quantitative estimate of drug-likeness (QED) is 0.133. The molecule has 0 saturated carbocycles. The topological polar surface area (TPSA) is 309 Å². The van der Waals surface area contributed by atoms with E-state index in [-0.39, 0.29) is 34.1 Å². The van der Waals surface area contributed by atoms with Crippen LogP contribution < -0.4 is 17.0 Å². The first-order valence-corrected chi connectivity index (χ1v) is 15.9. The van der Waals surface area contributed by atoms with E-state index in [1.807, 2.05) is 0 Å². The van der Waals surface area contributed by atoms with Crippen LogP contribution in [0.2, 0.25) is 0 Å². The van der Waals surface area contributed by atoms with Crippen LogP contribution in [-0.4, -0.2) is 104 Å². The summed E-state index contributed by atoms with van der Waals surface area (Å²) in [5.74, 6) is -0.301. The van der Waals surface area contributed by atoms with E-state index in [2.05, 4.69) is 29.9 Å². The number of aliphatic hydroxyl groups is 1. The van der Waals surface area contributed by atoms with Crippen LogP contribution in [0.15, 0.2) is 23.8 Å². The molecule has 3 aliphatic heterocycles. The number of anilines is 2. The summed E-state index contributed by atoms with van der Waals surface area (Å²) >= 11 is 0. The van der Waals surface area contributed by atoms with Crippen LogP contribution in [0.3, 0.4) is 0 Å². The summed E-state index contributed by atoms with van der Waals surface area (Å²) in [6.07, 6.45) is -10.5. The molecule has 0 aromatic carbocycles. The molecule has 4 aromatic rings. The molecule has 4 unspecified atom stereocenters. The third kappa shape index (κ3) is 5.30. The highest BCUT2D eigenvalue weighted by Crippen LogP contribution is 2.54. The van der Waals surface area contributed by atoms with Crippen LogP contribution in [0.5, 0.6) is 0 Å². The highest BCUT2D eigenvalue weighted by Gasteiger charge is 2.54. The van der Waals surface area contributed by atoms with Crippen molar-refractivity contribution in [2.75, 3.05) is 24.7 Å². The van der Waals surface area contributed by atoms with Crippen molar-refractivity contribution in [3.63, 3.8) is 0 Å². The molecule has 25 heteroatoms. The van der Waals surface area contributed by atoms with Crippen LogP contribution in [0.4, 0.5) is 16.2 Å². The Kier molecular flexibility index (Phi) is 7.26. The minimum absolute atomic E-state index is 0.00648. The fraction of sp³-hybridized carbons (Fsp3) is 0.500. The number of aliphatic hydroxyl groups excluding tert-OH is 1. The Bertz CT molecular complexity index is 1940. The van der Waals surface area contributed by atoms with Crippen molar-refractivity contribution < 1.29 is 56.0 Å². The predicted octanol–water partition coefficient (Wildman–Crippen LogP) is -1.36. The fourth-order valence-corrected chi connectivity index (χ4v) is 7.15. The van der Waals surface area contributed by atoms with Gasteiger partial charge in [-0.2, -0.15) is 4.98 Å². The number of hydrogen-bond donors (Lipinski definition) is 6. The number of ether oxygens (including phenoxy) is 2. The van der Waals surface area contributed by atoms with E-state index in [0.29, 0.717) is 0 Å². The van der Waals surface area contributed by atoms with Gasteiger partial charge in [0, 0.05) is 0 Å². The molecule has 22 nitrogen and oxygen atoms in total. The Morgan fingerprint density at radius 3 is 2.24 bits per heavy atom. The summed E-state index contributed by atoms with van der Waals surface area (Å²) in [5, 5.41) is 11.0. The number of imidazole rings is 2. The van der Waals surface area contributed by atoms with Crippen molar-refractivity contribution in [2.45, 2.75) is 49.1 Å². The summed E-state index contributed by atoms with van der Waals surface area (Å²) in [6.45, 7) is -1.77. The standard InChI is InChI=1S/C20H23FN10O12P2/c21-8-12-7(41-18(8)30-4-26-9-14(22)24-3-25-15(9)30)2-39-45(36,37)43-13-11(32)6(1-38-44(34,35)42-12)40-19(13)31-5-27-10-16(31)28-20(23)29-17(10)33/h3-8,11-13,18-19,32H,1-2H2,(H,34,35)(H,36,37)(H2,22,24,25)(H3,23,28,29,33)/t6-,7-,8+,11?,12+,13+,18?,19-/m1/s1. The number of phosphoric ester groups is 2. The van der Waals surface area contributed by atoms with Gasteiger partial charge < -0.3 is 35.8 Å². The number of nitrogen functional groups attached to an aromatic ring is 2. The van der Waals surface area contributed by atoms with Crippen LogP contribution in [-0.2, 0) is 36.7 Å². The molecule has 0 amide bonds. The minimum atomic E-state index is -5.15. The summed E-state index contributed by atoms with van der Waals surface area (Å²) in [4.78, 5) is 55.5. The van der Waals surface area contributed by atoms with Crippen LogP contribution in [0.25, 0.3) is 22.3 Å². The monoisotopic (exact) mass is 676 g/mol. The highest BCUT2D eigenvalue weighted by molar-refractivity contribution is 7.47. The predicted molar refractivity (Wildman–Crippen MR) is 142 cm³/mol. The molecule has 7 rings (SSSR count). The van der Waals surface area contributed by atoms with E-state index < -0.39 is 83.6 Å². The lowest BCUT2D eigenvalue weighted by Gasteiger charge is -2.25. The molecule has 0 radical (unpaired) electrons. The Hall–Kier alpha value is -3.47. The third-order valence-electron chi connectivity index (χ3n) is 7.28. The van der Waals surface area contributed by atoms with Crippen LogP contribution >= 0.6 is 15.6 Å². The number of halogens is 1. The van der Waals surface area contributed by atoms with Crippen molar-refractivity contribution in [1.82, 2.24) is 39.0 Å². The molecule has 0 aliphatic carbocycles. The maximum atomic E-state index is 15.9. The Balaban J connectivity index is 1.21. The molecule has 7 heterocycles. The van der Waals surface area contributed by atoms with Gasteiger partial charge in [-0.3, -0.25) is 37.0 Å². The van der Waals surface area contributed by atoms with Gasteiger partial charge in [-0.1, -0.05) is 0 Å². The van der Waals surface area contributed by atoms with Gasteiger partial charge in [0.1, 0.15) is 42.4 Å². The van der Waals surface area contributed by atoms with E-state index in [9.17, 15) is 28.8 Å². The van der Waals surface area contributed by atoms with E-state index in [1.54, 1.807) is 0 Å². The zero-order chi connectivity index (χ0) is 31.8. The number of fused-ring (bicyclic) bond motifs is 5. The van der Waals surface area contributed by atoms with Crippen molar-refractivity contribution in [1.29, 1.82) is 0 Å². The largest absolute Gasteiger partial charge is 0.472 e. The SMILES string of the molecule is Nc1nc2c(ncn2[C@@H]2O[C@@H]3COP(=O)(O)O[C@@H]4[C@H](F)C(n5cnc6c(N)ncnc65)O[C@@H]4COP(=O)(O)O[C@H]2C3O)c(=O)[nH]1. The summed E-state index contributed by atoms with van der Waals surface area (Å²) < 4.78 is 76.3. The van der Waals surface area contributed by atoms with Gasteiger partial charge in [0.25, 0.3) is 5.56 Å². The fourth-order valence-electron chi connectivity index (χ4n) is 5.26. The number of nitrogens with two attached hydrogens (primary N) is 2. The number of nitrogens with zero attached hydrogens (tertiary/aromatic N) is 7. The summed E-state index contributed by atoms with van der Waals surface area (Å²) in [7, 11) is -10.3. The minimum Gasteiger partial charge on any atom is -0.387 e. The first-order chi connectivity index (χ1) is 21.3. The number of H-pyrrole nitrogens is 1. The van der Waals surface area contributed by atoms with Gasteiger partial charge in [-0.15, -0.1) is 0 Å². The average Bonchev–Trinajstić information content (AvgIpc) is 3.72. The Morgan fingerprint density at radius 2 is 1.51 bits per heavy atom. The third-order valence-corrected chi connectivity index (χ3v) is 9.25. The molecule has 3 aliphatic rings. The molecule has 3 saturated heterocycles. The lowest BCUT2D eigenvalue weighted by molar-refractivity contribution is -0.0670. The molecule has 10 atom stereocenters. The van der Waals surface area contributed by atoms with Gasteiger partial charge >= 0.3 is 15.6 Å². The maximum absolute atomic E-state index is 15.9. The molecular formula is C20H23FN10O12P2. The molecule has 8 N–H and O–H groups in total. The molecule has 2 bridgehead atoms. The van der Waals surface area contributed by atoms with Gasteiger partial charge in [-0.05, 0) is 0 Å². The number of alkyl halides is 1. The molecule has 4 aromatic heterocycles. The number of aromatic nitrogens is 8. The van der Waals surface area contributed by atoms with E-state index in [4.69, 9.17) is 39.0 Å². The Morgan fingerprint density at radius 1 is 0.889 bits per heavy atom. The van der Waals surface area contributed by atoms with Crippen LogP contribution in [0, 0.1) is 0 Å². The lowest BCUT2D eigenvalue weighted by atomic mass is 10.1. The Labute approximate surface area is 248 Å². The number of phosphoric acid groups is 2. The number of aromatic amines is 1. The molecular weight excluding hydrogens is 653 g/mol. The van der Waals surface area contributed by atoms with Gasteiger partial charge in [-0.25, -0.2) is 33.5 Å². The average molecular weight is 676 g/mol. The van der Waals surface area contributed by atoms with Crippen molar-refractivity contribution in [3.8, 4) is 0 Å². The van der Waals surface area contributed by atoms with Gasteiger partial charge in [0.2, 0.25) is 5.95 Å². The lowest BCUT2D eigenvalue weighted by Crippen LogP contribution is -2.35. The van der Waals surface area contributed by atoms with E-state index >= 15 is 4.39 Å². The number of rotatable bonds is 2. The zero-order valence-electron chi connectivity index (χ0n) is 22.3. The van der Waals surface area contributed by atoms with Crippen molar-refractivity contribution in [2.24, 2.45) is 0 Å². The molecule has 3 fully saturated rings. The maximum Gasteiger partial charge on any atom is 0.472 e. The van der Waals surface area contributed by atoms with E-state index in [0.717, 1.165) is 28.1 Å². The second-order valence-electron chi connectivity index (χ2n) is 10.1. The highest BCUT2D eigenvalue weighted by atomic mass is 31.2. The zero-order valence-corrected chi connectivity index (χ0v) is 24.1. The van der Waals surface area contributed by atoms with Crippen molar-refractivity contribution in [3.05, 3.63) is 29.3 Å². The molecule has 242 valence electrons. The normalized spacial score (nSPS) is 37.7. The molecule has 45 heavy (non-hydrogen) atoms. The second kappa shape index (κ2) is 10.8. The smallest absolute Gasteiger partial charge is 0.387 e.